The molecule has 1 saturated carbocycles. The summed E-state index contributed by atoms with van der Waals surface area (Å²) in [5.41, 5.74) is 3.81. The second kappa shape index (κ2) is 6.27. The number of halogens is 1. The molecule has 96 valence electrons. The van der Waals surface area contributed by atoms with Crippen LogP contribution in [0.5, 0.6) is 5.75 Å². The van der Waals surface area contributed by atoms with Crippen molar-refractivity contribution in [3.8, 4) is 5.75 Å². The summed E-state index contributed by atoms with van der Waals surface area (Å²) in [5.74, 6) is 1.96. The van der Waals surface area contributed by atoms with Crippen LogP contribution in [-0.2, 0) is 6.54 Å². The predicted molar refractivity (Wildman–Crippen MR) is 74.1 cm³/mol. The molecule has 0 saturated heterocycles. The molecule has 1 N–H and O–H groups in total. The van der Waals surface area contributed by atoms with Crippen LogP contribution in [0.4, 0.5) is 0 Å². The Morgan fingerprint density at radius 1 is 1.24 bits per heavy atom. The van der Waals surface area contributed by atoms with Gasteiger partial charge in [-0.25, -0.2) is 0 Å². The highest BCUT2D eigenvalue weighted by atomic mass is 35.5. The standard InChI is InChI=1S/C14H21NO.ClH/c1-10-6-13(7-11(2)14(10)16-3)9-15-8-12-4-5-12;/h6-7,12,15H,4-5,8-9H2,1-3H3;1H. The highest BCUT2D eigenvalue weighted by Gasteiger charge is 2.20. The lowest BCUT2D eigenvalue weighted by atomic mass is 10.1. The van der Waals surface area contributed by atoms with E-state index in [9.17, 15) is 0 Å². The second-order valence-corrected chi connectivity index (χ2v) is 4.84. The quantitative estimate of drug-likeness (QED) is 0.872. The van der Waals surface area contributed by atoms with Crippen molar-refractivity contribution >= 4 is 12.4 Å². The third kappa shape index (κ3) is 3.90. The molecule has 17 heavy (non-hydrogen) atoms. The van der Waals surface area contributed by atoms with Crippen LogP contribution in [-0.4, -0.2) is 13.7 Å². The molecule has 0 radical (unpaired) electrons. The number of hydrogen-bond donors (Lipinski definition) is 1. The Bertz CT molecular complexity index is 351. The number of hydrogen-bond acceptors (Lipinski definition) is 2. The van der Waals surface area contributed by atoms with Gasteiger partial charge in [-0.15, -0.1) is 12.4 Å². The zero-order chi connectivity index (χ0) is 11.5. The Balaban J connectivity index is 0.00000144. The van der Waals surface area contributed by atoms with Gasteiger partial charge in [-0.2, -0.15) is 0 Å². The summed E-state index contributed by atoms with van der Waals surface area (Å²) in [6.07, 6.45) is 2.82. The lowest BCUT2D eigenvalue weighted by Crippen LogP contribution is -2.16. The van der Waals surface area contributed by atoms with Crippen LogP contribution in [0.25, 0.3) is 0 Å². The summed E-state index contributed by atoms with van der Waals surface area (Å²) in [6, 6.07) is 4.43. The summed E-state index contributed by atoms with van der Waals surface area (Å²) in [5, 5.41) is 3.51. The van der Waals surface area contributed by atoms with E-state index in [1.54, 1.807) is 7.11 Å². The fraction of sp³-hybridized carbons (Fsp3) is 0.571. The number of methoxy groups -OCH3 is 1. The Kier molecular flexibility index (Phi) is 5.29. The fourth-order valence-corrected chi connectivity index (χ4v) is 2.21. The van der Waals surface area contributed by atoms with Crippen molar-refractivity contribution in [1.82, 2.24) is 5.32 Å². The van der Waals surface area contributed by atoms with Crippen molar-refractivity contribution in [2.24, 2.45) is 5.92 Å². The molecule has 0 amide bonds. The smallest absolute Gasteiger partial charge is 0.124 e. The van der Waals surface area contributed by atoms with E-state index >= 15 is 0 Å². The number of benzene rings is 1. The summed E-state index contributed by atoms with van der Waals surface area (Å²) in [6.45, 7) is 6.36. The normalized spacial score (nSPS) is 14.3. The van der Waals surface area contributed by atoms with Gasteiger partial charge in [0.15, 0.2) is 0 Å². The predicted octanol–water partition coefficient (Wildman–Crippen LogP) is 3.23. The molecular weight excluding hydrogens is 234 g/mol. The van der Waals surface area contributed by atoms with Gasteiger partial charge in [0, 0.05) is 6.54 Å². The lowest BCUT2D eigenvalue weighted by Gasteiger charge is -2.11. The zero-order valence-corrected chi connectivity index (χ0v) is 11.7. The van der Waals surface area contributed by atoms with Crippen LogP contribution in [0, 0.1) is 19.8 Å². The van der Waals surface area contributed by atoms with Crippen LogP contribution < -0.4 is 10.1 Å². The number of nitrogens with one attached hydrogen (secondary N) is 1. The first-order valence-electron chi connectivity index (χ1n) is 6.05. The Labute approximate surface area is 110 Å². The van der Waals surface area contributed by atoms with Crippen molar-refractivity contribution in [1.29, 1.82) is 0 Å². The highest BCUT2D eigenvalue weighted by molar-refractivity contribution is 5.85. The van der Waals surface area contributed by atoms with Gasteiger partial charge in [0.1, 0.15) is 5.75 Å². The van der Waals surface area contributed by atoms with Crippen molar-refractivity contribution in [2.75, 3.05) is 13.7 Å². The molecule has 1 fully saturated rings. The Morgan fingerprint density at radius 3 is 2.29 bits per heavy atom. The largest absolute Gasteiger partial charge is 0.496 e. The van der Waals surface area contributed by atoms with Crippen molar-refractivity contribution < 1.29 is 4.74 Å². The maximum absolute atomic E-state index is 5.36. The molecule has 0 aliphatic heterocycles. The third-order valence-corrected chi connectivity index (χ3v) is 3.18. The maximum Gasteiger partial charge on any atom is 0.124 e. The van der Waals surface area contributed by atoms with E-state index < -0.39 is 0 Å². The van der Waals surface area contributed by atoms with Crippen molar-refractivity contribution in [3.05, 3.63) is 28.8 Å². The molecule has 1 aromatic carbocycles. The van der Waals surface area contributed by atoms with Crippen molar-refractivity contribution in [2.45, 2.75) is 33.2 Å². The average molecular weight is 256 g/mol. The summed E-state index contributed by atoms with van der Waals surface area (Å²) < 4.78 is 5.36. The lowest BCUT2D eigenvalue weighted by molar-refractivity contribution is 0.408. The molecule has 0 spiro atoms. The fourth-order valence-electron chi connectivity index (χ4n) is 2.21. The molecule has 1 aliphatic rings. The van der Waals surface area contributed by atoms with E-state index in [-0.39, 0.29) is 12.4 Å². The van der Waals surface area contributed by atoms with E-state index in [0.717, 1.165) is 18.2 Å². The molecule has 0 atom stereocenters. The molecule has 2 nitrogen and oxygen atoms in total. The third-order valence-electron chi connectivity index (χ3n) is 3.18. The van der Waals surface area contributed by atoms with E-state index in [1.165, 1.54) is 36.1 Å². The zero-order valence-electron chi connectivity index (χ0n) is 10.9. The first-order chi connectivity index (χ1) is 7.70. The van der Waals surface area contributed by atoms with Gasteiger partial charge >= 0.3 is 0 Å². The van der Waals surface area contributed by atoms with Crippen LogP contribution in [0.2, 0.25) is 0 Å². The molecule has 1 aromatic rings. The molecule has 0 bridgehead atoms. The molecule has 2 rings (SSSR count). The minimum Gasteiger partial charge on any atom is -0.496 e. The van der Waals surface area contributed by atoms with E-state index in [2.05, 4.69) is 31.3 Å². The van der Waals surface area contributed by atoms with Gasteiger partial charge in [0.2, 0.25) is 0 Å². The maximum atomic E-state index is 5.36. The van der Waals surface area contributed by atoms with Crippen molar-refractivity contribution in [3.63, 3.8) is 0 Å². The number of ether oxygens (including phenoxy) is 1. The van der Waals surface area contributed by atoms with Gasteiger partial charge in [-0.3, -0.25) is 0 Å². The SMILES string of the molecule is COc1c(C)cc(CNCC2CC2)cc1C.Cl. The molecule has 0 heterocycles. The average Bonchev–Trinajstić information content (AvgIpc) is 3.01. The van der Waals surface area contributed by atoms with Crippen LogP contribution in [0.1, 0.15) is 29.5 Å². The number of aryl methyl sites for hydroxylation is 2. The van der Waals surface area contributed by atoms with Crippen LogP contribution in [0.15, 0.2) is 12.1 Å². The number of rotatable bonds is 5. The molecule has 0 unspecified atom stereocenters. The van der Waals surface area contributed by atoms with Gasteiger partial charge in [0.25, 0.3) is 0 Å². The monoisotopic (exact) mass is 255 g/mol. The minimum absolute atomic E-state index is 0. The Hall–Kier alpha value is -0.730. The highest BCUT2D eigenvalue weighted by Crippen LogP contribution is 2.28. The summed E-state index contributed by atoms with van der Waals surface area (Å²) in [4.78, 5) is 0. The van der Waals surface area contributed by atoms with Gasteiger partial charge in [-0.1, -0.05) is 12.1 Å². The van der Waals surface area contributed by atoms with Gasteiger partial charge in [0.05, 0.1) is 7.11 Å². The summed E-state index contributed by atoms with van der Waals surface area (Å²) in [7, 11) is 1.74. The van der Waals surface area contributed by atoms with Gasteiger partial charge < -0.3 is 10.1 Å². The Morgan fingerprint density at radius 2 is 1.82 bits per heavy atom. The first-order valence-corrected chi connectivity index (χ1v) is 6.05. The molecule has 1 aliphatic carbocycles. The second-order valence-electron chi connectivity index (χ2n) is 4.84. The summed E-state index contributed by atoms with van der Waals surface area (Å²) >= 11 is 0. The minimum atomic E-state index is 0. The van der Waals surface area contributed by atoms with E-state index in [4.69, 9.17) is 4.74 Å². The van der Waals surface area contributed by atoms with Crippen LogP contribution in [0.3, 0.4) is 0 Å². The molecule has 0 aromatic heterocycles. The van der Waals surface area contributed by atoms with Crippen LogP contribution >= 0.6 is 12.4 Å². The molecule has 3 heteroatoms. The topological polar surface area (TPSA) is 21.3 Å². The molecular formula is C14H22ClNO. The van der Waals surface area contributed by atoms with E-state index in [1.807, 2.05) is 0 Å². The first kappa shape index (κ1) is 14.3. The van der Waals surface area contributed by atoms with Gasteiger partial charge in [-0.05, 0) is 55.8 Å². The van der Waals surface area contributed by atoms with E-state index in [0.29, 0.717) is 0 Å².